The topological polar surface area (TPSA) is 84.0 Å². The number of nitrogens with zero attached hydrogens (tertiary/aromatic N) is 2. The van der Waals surface area contributed by atoms with E-state index in [0.29, 0.717) is 0 Å². The van der Waals surface area contributed by atoms with Gasteiger partial charge in [0.15, 0.2) is 6.10 Å². The predicted molar refractivity (Wildman–Crippen MR) is 111 cm³/mol. The molecule has 1 aromatic carbocycles. The molecule has 9 heteroatoms. The van der Waals surface area contributed by atoms with Gasteiger partial charge in [0.1, 0.15) is 0 Å². The molecule has 0 aliphatic carbocycles. The fourth-order valence-electron chi connectivity index (χ4n) is 2.95. The zero-order valence-corrected chi connectivity index (χ0v) is 17.6. The Morgan fingerprint density at radius 2 is 1.79 bits per heavy atom. The number of carbonyl (C=O) groups is 2. The summed E-state index contributed by atoms with van der Waals surface area (Å²) >= 11 is 1.52. The first-order chi connectivity index (χ1) is 13.9. The molecule has 0 N–H and O–H groups in total. The third-order valence-corrected chi connectivity index (χ3v) is 7.14. The Labute approximate surface area is 174 Å². The maximum Gasteiger partial charge on any atom is 0.331 e. The number of amides is 1. The second kappa shape index (κ2) is 9.34. The van der Waals surface area contributed by atoms with Gasteiger partial charge in [0, 0.05) is 32.3 Å². The molecule has 154 valence electrons. The van der Waals surface area contributed by atoms with Crippen LogP contribution in [0.2, 0.25) is 0 Å². The monoisotopic (exact) mass is 434 g/mol. The molecule has 1 fully saturated rings. The van der Waals surface area contributed by atoms with Crippen LogP contribution < -0.4 is 0 Å². The fourth-order valence-corrected chi connectivity index (χ4v) is 5.02. The average molecular weight is 435 g/mol. The molecular weight excluding hydrogens is 412 g/mol. The number of benzene rings is 1. The number of hydrogen-bond acceptors (Lipinski definition) is 6. The van der Waals surface area contributed by atoms with Gasteiger partial charge in [0.05, 0.1) is 4.90 Å². The van der Waals surface area contributed by atoms with Gasteiger partial charge in [-0.2, -0.15) is 15.6 Å². The van der Waals surface area contributed by atoms with Crippen LogP contribution in [0.5, 0.6) is 0 Å². The molecule has 0 radical (unpaired) electrons. The first kappa shape index (κ1) is 21.2. The van der Waals surface area contributed by atoms with Crippen LogP contribution in [0.1, 0.15) is 12.5 Å². The van der Waals surface area contributed by atoms with Crippen molar-refractivity contribution in [3.05, 3.63) is 58.8 Å². The highest BCUT2D eigenvalue weighted by atomic mass is 32.2. The summed E-state index contributed by atoms with van der Waals surface area (Å²) in [6.45, 7) is 2.41. The van der Waals surface area contributed by atoms with E-state index in [9.17, 15) is 18.0 Å². The predicted octanol–water partition coefficient (Wildman–Crippen LogP) is 2.23. The smallest absolute Gasteiger partial charge is 0.331 e. The summed E-state index contributed by atoms with van der Waals surface area (Å²) < 4.78 is 31.9. The van der Waals surface area contributed by atoms with Gasteiger partial charge in [0.25, 0.3) is 5.91 Å². The van der Waals surface area contributed by atoms with Crippen molar-refractivity contribution in [1.82, 2.24) is 9.21 Å². The van der Waals surface area contributed by atoms with Crippen molar-refractivity contribution in [2.45, 2.75) is 17.9 Å². The molecule has 2 aromatic rings. The van der Waals surface area contributed by atoms with Crippen LogP contribution in [-0.2, 0) is 24.3 Å². The first-order valence-corrected chi connectivity index (χ1v) is 11.5. The number of piperazine rings is 1. The van der Waals surface area contributed by atoms with Gasteiger partial charge < -0.3 is 9.64 Å². The van der Waals surface area contributed by atoms with E-state index < -0.39 is 22.1 Å². The molecule has 1 aromatic heterocycles. The highest BCUT2D eigenvalue weighted by molar-refractivity contribution is 7.89. The van der Waals surface area contributed by atoms with Gasteiger partial charge in [-0.15, -0.1) is 0 Å². The van der Waals surface area contributed by atoms with Crippen molar-refractivity contribution in [3.63, 3.8) is 0 Å². The molecule has 7 nitrogen and oxygen atoms in total. The van der Waals surface area contributed by atoms with E-state index >= 15 is 0 Å². The quantitative estimate of drug-likeness (QED) is 0.514. The van der Waals surface area contributed by atoms with Crippen LogP contribution in [0.4, 0.5) is 0 Å². The zero-order valence-electron chi connectivity index (χ0n) is 15.9. The van der Waals surface area contributed by atoms with Crippen LogP contribution in [0.3, 0.4) is 0 Å². The fraction of sp³-hybridized carbons (Fsp3) is 0.300. The van der Waals surface area contributed by atoms with Crippen molar-refractivity contribution >= 4 is 39.3 Å². The van der Waals surface area contributed by atoms with Gasteiger partial charge >= 0.3 is 5.97 Å². The number of sulfonamides is 1. The summed E-state index contributed by atoms with van der Waals surface area (Å²) in [7, 11) is -3.58. The molecule has 0 saturated carbocycles. The van der Waals surface area contributed by atoms with Crippen LogP contribution in [0, 0.1) is 0 Å². The Kier molecular flexibility index (Phi) is 6.83. The van der Waals surface area contributed by atoms with Crippen LogP contribution in [0.25, 0.3) is 6.08 Å². The van der Waals surface area contributed by atoms with Crippen molar-refractivity contribution in [2.75, 3.05) is 26.2 Å². The zero-order chi connectivity index (χ0) is 20.9. The van der Waals surface area contributed by atoms with E-state index in [2.05, 4.69) is 0 Å². The lowest BCUT2D eigenvalue weighted by molar-refractivity contribution is -0.155. The third-order valence-electron chi connectivity index (χ3n) is 4.53. The van der Waals surface area contributed by atoms with Crippen LogP contribution >= 0.6 is 11.3 Å². The minimum Gasteiger partial charge on any atom is -0.449 e. The second-order valence-corrected chi connectivity index (χ2v) is 9.23. The molecule has 0 spiro atoms. The second-order valence-electron chi connectivity index (χ2n) is 6.51. The highest BCUT2D eigenvalue weighted by Crippen LogP contribution is 2.18. The molecule has 1 unspecified atom stereocenters. The molecule has 29 heavy (non-hydrogen) atoms. The number of ether oxygens (including phenoxy) is 1. The summed E-state index contributed by atoms with van der Waals surface area (Å²) in [5.41, 5.74) is 0.890. The molecule has 0 bridgehead atoms. The molecule has 1 aliphatic heterocycles. The van der Waals surface area contributed by atoms with Crippen molar-refractivity contribution in [1.29, 1.82) is 0 Å². The summed E-state index contributed by atoms with van der Waals surface area (Å²) in [6.07, 6.45) is 1.98. The standard InChI is InChI=1S/C20H22N2O5S2/c1-16(27-19(23)8-7-17-9-14-28-15-17)20(24)21-10-12-22(13-11-21)29(25,26)18-5-3-2-4-6-18/h2-9,14-16H,10-13H2,1H3/b8-7+. The van der Waals surface area contributed by atoms with E-state index in [0.717, 1.165) is 5.56 Å². The number of carbonyl (C=O) groups excluding carboxylic acids is 2. The minimum atomic E-state index is -3.58. The summed E-state index contributed by atoms with van der Waals surface area (Å²) in [5.74, 6) is -0.929. The van der Waals surface area contributed by atoms with E-state index in [4.69, 9.17) is 4.74 Å². The van der Waals surface area contributed by atoms with Crippen molar-refractivity contribution in [3.8, 4) is 0 Å². The number of esters is 1. The highest BCUT2D eigenvalue weighted by Gasteiger charge is 2.32. The molecule has 2 heterocycles. The molecule has 1 amide bonds. The van der Waals surface area contributed by atoms with Gasteiger partial charge in [-0.05, 0) is 47.5 Å². The van der Waals surface area contributed by atoms with E-state index in [1.165, 1.54) is 33.5 Å². The average Bonchev–Trinajstić information content (AvgIpc) is 3.26. The summed E-state index contributed by atoms with van der Waals surface area (Å²) in [6, 6.07) is 10.1. The molecule has 1 saturated heterocycles. The lowest BCUT2D eigenvalue weighted by Gasteiger charge is -2.35. The third kappa shape index (κ3) is 5.31. The molecule has 1 aliphatic rings. The minimum absolute atomic E-state index is 0.196. The maximum atomic E-state index is 12.7. The lowest BCUT2D eigenvalue weighted by Crippen LogP contribution is -2.52. The maximum absolute atomic E-state index is 12.7. The van der Waals surface area contributed by atoms with Crippen molar-refractivity contribution in [2.24, 2.45) is 0 Å². The SMILES string of the molecule is CC(OC(=O)/C=C/c1ccsc1)C(=O)N1CCN(S(=O)(=O)c2ccccc2)CC1. The largest absolute Gasteiger partial charge is 0.449 e. The Balaban J connectivity index is 1.52. The van der Waals surface area contributed by atoms with E-state index in [1.807, 2.05) is 16.8 Å². The molecule has 1 atom stereocenters. The Bertz CT molecular complexity index is 964. The van der Waals surface area contributed by atoms with Gasteiger partial charge in [-0.3, -0.25) is 4.79 Å². The molecule has 3 rings (SSSR count). The van der Waals surface area contributed by atoms with Gasteiger partial charge in [-0.25, -0.2) is 13.2 Å². The van der Waals surface area contributed by atoms with Crippen LogP contribution in [0.15, 0.2) is 58.1 Å². The summed E-state index contributed by atoms with van der Waals surface area (Å²) in [5, 5.41) is 3.79. The normalized spacial score (nSPS) is 16.7. The van der Waals surface area contributed by atoms with E-state index in [1.54, 1.807) is 36.4 Å². The first-order valence-electron chi connectivity index (χ1n) is 9.13. The van der Waals surface area contributed by atoms with Gasteiger partial charge in [0.2, 0.25) is 10.0 Å². The summed E-state index contributed by atoms with van der Waals surface area (Å²) in [4.78, 5) is 26.2. The van der Waals surface area contributed by atoms with Crippen LogP contribution in [-0.4, -0.2) is 61.8 Å². The number of thiophene rings is 1. The molecular formula is C20H22N2O5S2. The number of rotatable bonds is 6. The van der Waals surface area contributed by atoms with E-state index in [-0.39, 0.29) is 37.0 Å². The Hall–Kier alpha value is -2.49. The Morgan fingerprint density at radius 1 is 1.10 bits per heavy atom. The Morgan fingerprint density at radius 3 is 2.41 bits per heavy atom. The van der Waals surface area contributed by atoms with Gasteiger partial charge in [-0.1, -0.05) is 18.2 Å². The lowest BCUT2D eigenvalue weighted by atomic mass is 10.3. The number of hydrogen-bond donors (Lipinski definition) is 0. The van der Waals surface area contributed by atoms with Crippen molar-refractivity contribution < 1.29 is 22.7 Å².